The number of ether oxygens (including phenoxy) is 1. The first-order chi connectivity index (χ1) is 9.82. The number of rotatable bonds is 3. The van der Waals surface area contributed by atoms with E-state index in [1.807, 2.05) is 0 Å². The van der Waals surface area contributed by atoms with Crippen LogP contribution in [0.4, 0.5) is 13.2 Å². The van der Waals surface area contributed by atoms with Crippen LogP contribution in [0.3, 0.4) is 0 Å². The molecule has 2 nitrogen and oxygen atoms in total. The second-order valence-electron chi connectivity index (χ2n) is 4.48. The number of benzene rings is 2. The molecule has 0 heterocycles. The Morgan fingerprint density at radius 2 is 1.71 bits per heavy atom. The number of alkyl halides is 3. The minimum atomic E-state index is -4.36. The van der Waals surface area contributed by atoms with Gasteiger partial charge in [0.05, 0.1) is 18.7 Å². The molecule has 2 rings (SSSR count). The fourth-order valence-electron chi connectivity index (χ4n) is 2.01. The van der Waals surface area contributed by atoms with E-state index < -0.39 is 17.8 Å². The van der Waals surface area contributed by atoms with Crippen molar-refractivity contribution in [3.05, 3.63) is 64.2 Å². The molecule has 0 bridgehead atoms. The molecular weight excluding hydrogens is 303 g/mol. The summed E-state index contributed by atoms with van der Waals surface area (Å²) in [5, 5.41) is 0.480. The van der Waals surface area contributed by atoms with Crippen LogP contribution in [0, 0.1) is 0 Å². The van der Waals surface area contributed by atoms with E-state index in [0.717, 1.165) is 12.1 Å². The van der Waals surface area contributed by atoms with Crippen LogP contribution in [0.25, 0.3) is 0 Å². The summed E-state index contributed by atoms with van der Waals surface area (Å²) in [4.78, 5) is 0. The van der Waals surface area contributed by atoms with E-state index in [0.29, 0.717) is 21.9 Å². The Balaban J connectivity index is 2.36. The lowest BCUT2D eigenvalue weighted by molar-refractivity contribution is -0.137. The largest absolute Gasteiger partial charge is 0.496 e. The minimum absolute atomic E-state index is 0.480. The predicted molar refractivity (Wildman–Crippen MR) is 75.5 cm³/mol. The van der Waals surface area contributed by atoms with E-state index in [1.165, 1.54) is 19.2 Å². The topological polar surface area (TPSA) is 35.2 Å². The van der Waals surface area contributed by atoms with Gasteiger partial charge in [-0.15, -0.1) is 0 Å². The average Bonchev–Trinajstić information content (AvgIpc) is 2.45. The Kier molecular flexibility index (Phi) is 4.44. The monoisotopic (exact) mass is 315 g/mol. The smallest absolute Gasteiger partial charge is 0.416 e. The fraction of sp³-hybridized carbons (Fsp3) is 0.200. The second kappa shape index (κ2) is 5.95. The van der Waals surface area contributed by atoms with Crippen LogP contribution in [-0.2, 0) is 6.18 Å². The van der Waals surface area contributed by atoms with Crippen molar-refractivity contribution in [1.82, 2.24) is 0 Å². The first-order valence-electron chi connectivity index (χ1n) is 6.09. The molecule has 2 aromatic rings. The van der Waals surface area contributed by atoms with Crippen molar-refractivity contribution in [2.45, 2.75) is 12.2 Å². The van der Waals surface area contributed by atoms with E-state index in [9.17, 15) is 13.2 Å². The Bertz CT molecular complexity index is 626. The highest BCUT2D eigenvalue weighted by Gasteiger charge is 2.30. The molecule has 2 N–H and O–H groups in total. The maximum Gasteiger partial charge on any atom is 0.416 e. The zero-order chi connectivity index (χ0) is 15.6. The van der Waals surface area contributed by atoms with Crippen LogP contribution in [-0.4, -0.2) is 7.11 Å². The summed E-state index contributed by atoms with van der Waals surface area (Å²) in [5.41, 5.74) is 6.55. The Morgan fingerprint density at radius 3 is 2.24 bits per heavy atom. The van der Waals surface area contributed by atoms with E-state index in [-0.39, 0.29) is 0 Å². The van der Waals surface area contributed by atoms with Gasteiger partial charge in [0.25, 0.3) is 0 Å². The zero-order valence-corrected chi connectivity index (χ0v) is 11.9. The van der Waals surface area contributed by atoms with E-state index in [1.54, 1.807) is 18.2 Å². The van der Waals surface area contributed by atoms with Crippen LogP contribution >= 0.6 is 11.6 Å². The first kappa shape index (κ1) is 15.7. The van der Waals surface area contributed by atoms with Gasteiger partial charge in [-0.1, -0.05) is 23.7 Å². The highest BCUT2D eigenvalue weighted by Crippen LogP contribution is 2.33. The zero-order valence-electron chi connectivity index (χ0n) is 11.1. The highest BCUT2D eigenvalue weighted by atomic mass is 35.5. The van der Waals surface area contributed by atoms with Crippen molar-refractivity contribution in [3.63, 3.8) is 0 Å². The van der Waals surface area contributed by atoms with Crippen LogP contribution in [0.2, 0.25) is 5.02 Å². The van der Waals surface area contributed by atoms with Crippen molar-refractivity contribution < 1.29 is 17.9 Å². The molecule has 0 saturated heterocycles. The van der Waals surface area contributed by atoms with Gasteiger partial charge in [-0.05, 0) is 35.9 Å². The number of halogens is 4. The molecule has 0 spiro atoms. The number of methoxy groups -OCH3 is 1. The van der Waals surface area contributed by atoms with Gasteiger partial charge in [0.2, 0.25) is 0 Å². The SMILES string of the molecule is COc1ccc(Cl)cc1C(N)c1ccc(C(F)(F)F)cc1. The maximum absolute atomic E-state index is 12.5. The predicted octanol–water partition coefficient (Wildman–Crippen LogP) is 4.42. The normalized spacial score (nSPS) is 13.0. The van der Waals surface area contributed by atoms with E-state index >= 15 is 0 Å². The number of hydrogen-bond donors (Lipinski definition) is 1. The fourth-order valence-corrected chi connectivity index (χ4v) is 2.19. The second-order valence-corrected chi connectivity index (χ2v) is 4.92. The highest BCUT2D eigenvalue weighted by molar-refractivity contribution is 6.30. The van der Waals surface area contributed by atoms with Crippen molar-refractivity contribution >= 4 is 11.6 Å². The van der Waals surface area contributed by atoms with Gasteiger partial charge in [-0.3, -0.25) is 0 Å². The van der Waals surface area contributed by atoms with Gasteiger partial charge in [0.15, 0.2) is 0 Å². The molecule has 0 aliphatic rings. The molecule has 2 aromatic carbocycles. The molecule has 112 valence electrons. The van der Waals surface area contributed by atoms with Gasteiger partial charge >= 0.3 is 6.18 Å². The third-order valence-corrected chi connectivity index (χ3v) is 3.36. The summed E-state index contributed by atoms with van der Waals surface area (Å²) in [6.45, 7) is 0. The van der Waals surface area contributed by atoms with E-state index in [2.05, 4.69) is 0 Å². The maximum atomic E-state index is 12.5. The summed E-state index contributed by atoms with van der Waals surface area (Å²) in [5.74, 6) is 0.534. The number of nitrogens with two attached hydrogens (primary N) is 1. The summed E-state index contributed by atoms with van der Waals surface area (Å²) in [6, 6.07) is 9.06. The molecule has 0 saturated carbocycles. The van der Waals surface area contributed by atoms with Gasteiger partial charge in [-0.2, -0.15) is 13.2 Å². The van der Waals surface area contributed by atoms with Crippen LogP contribution in [0.1, 0.15) is 22.7 Å². The molecule has 0 aliphatic carbocycles. The molecule has 0 aliphatic heterocycles. The van der Waals surface area contributed by atoms with E-state index in [4.69, 9.17) is 22.1 Å². The Morgan fingerprint density at radius 1 is 1.10 bits per heavy atom. The van der Waals surface area contributed by atoms with Gasteiger partial charge in [0.1, 0.15) is 5.75 Å². The standard InChI is InChI=1S/C15H13ClF3NO/c1-21-13-7-6-11(16)8-12(13)14(20)9-2-4-10(5-3-9)15(17,18)19/h2-8,14H,20H2,1H3. The lowest BCUT2D eigenvalue weighted by Gasteiger charge is -2.17. The molecule has 0 fully saturated rings. The average molecular weight is 316 g/mol. The van der Waals surface area contributed by atoms with Gasteiger partial charge in [-0.25, -0.2) is 0 Å². The van der Waals surface area contributed by atoms with Crippen molar-refractivity contribution in [2.75, 3.05) is 7.11 Å². The lowest BCUT2D eigenvalue weighted by Crippen LogP contribution is -2.14. The third-order valence-electron chi connectivity index (χ3n) is 3.12. The molecule has 0 aromatic heterocycles. The molecule has 0 radical (unpaired) electrons. The molecular formula is C15H13ClF3NO. The first-order valence-corrected chi connectivity index (χ1v) is 6.47. The molecule has 21 heavy (non-hydrogen) atoms. The molecule has 6 heteroatoms. The third kappa shape index (κ3) is 3.49. The van der Waals surface area contributed by atoms with Crippen LogP contribution in [0.15, 0.2) is 42.5 Å². The van der Waals surface area contributed by atoms with Crippen molar-refractivity contribution in [1.29, 1.82) is 0 Å². The quantitative estimate of drug-likeness (QED) is 0.910. The van der Waals surface area contributed by atoms with Crippen molar-refractivity contribution in [2.24, 2.45) is 5.73 Å². The summed E-state index contributed by atoms with van der Waals surface area (Å²) < 4.78 is 42.8. The molecule has 1 unspecified atom stereocenters. The summed E-state index contributed by atoms with van der Waals surface area (Å²) in [7, 11) is 1.49. The van der Waals surface area contributed by atoms with Crippen LogP contribution in [0.5, 0.6) is 5.75 Å². The summed E-state index contributed by atoms with van der Waals surface area (Å²) >= 11 is 5.93. The lowest BCUT2D eigenvalue weighted by atomic mass is 9.97. The van der Waals surface area contributed by atoms with Gasteiger partial charge < -0.3 is 10.5 Å². The molecule has 1 atom stereocenters. The molecule has 0 amide bonds. The van der Waals surface area contributed by atoms with Crippen LogP contribution < -0.4 is 10.5 Å². The Hall–Kier alpha value is -1.72. The Labute approximate surface area is 125 Å². The summed E-state index contributed by atoms with van der Waals surface area (Å²) in [6.07, 6.45) is -4.36. The minimum Gasteiger partial charge on any atom is -0.496 e. The van der Waals surface area contributed by atoms with Crippen molar-refractivity contribution in [3.8, 4) is 5.75 Å². The van der Waals surface area contributed by atoms with Gasteiger partial charge in [0, 0.05) is 10.6 Å². The number of hydrogen-bond acceptors (Lipinski definition) is 2.